The molecule has 1 aromatic carbocycles. The van der Waals surface area contributed by atoms with Gasteiger partial charge in [-0.2, -0.15) is 0 Å². The summed E-state index contributed by atoms with van der Waals surface area (Å²) in [7, 11) is -2.00. The summed E-state index contributed by atoms with van der Waals surface area (Å²) in [5.74, 6) is -1.39. The molecular formula is C13H17NO5S. The Hall–Kier alpha value is -1.89. The van der Waals surface area contributed by atoms with Crippen molar-refractivity contribution >= 4 is 21.7 Å². The van der Waals surface area contributed by atoms with E-state index in [1.807, 2.05) is 0 Å². The van der Waals surface area contributed by atoms with Gasteiger partial charge in [-0.15, -0.1) is 0 Å². The summed E-state index contributed by atoms with van der Waals surface area (Å²) in [6, 6.07) is 7.66. The van der Waals surface area contributed by atoms with Gasteiger partial charge in [-0.05, 0) is 5.56 Å². The zero-order valence-electron chi connectivity index (χ0n) is 11.3. The van der Waals surface area contributed by atoms with Crippen LogP contribution in [0.3, 0.4) is 0 Å². The van der Waals surface area contributed by atoms with Crippen molar-refractivity contribution in [3.8, 4) is 0 Å². The molecule has 0 aliphatic rings. The minimum atomic E-state index is -3.22. The van der Waals surface area contributed by atoms with Gasteiger partial charge >= 0.3 is 5.97 Å². The van der Waals surface area contributed by atoms with Crippen LogP contribution in [-0.4, -0.2) is 39.4 Å². The lowest BCUT2D eigenvalue weighted by Crippen LogP contribution is -2.35. The number of sulfone groups is 1. The van der Waals surface area contributed by atoms with Gasteiger partial charge in [-0.25, -0.2) is 13.2 Å². The first-order valence-electron chi connectivity index (χ1n) is 5.93. The Morgan fingerprint density at radius 2 is 1.85 bits per heavy atom. The van der Waals surface area contributed by atoms with E-state index in [2.05, 4.69) is 10.1 Å². The van der Waals surface area contributed by atoms with Gasteiger partial charge in [0.1, 0.15) is 9.84 Å². The summed E-state index contributed by atoms with van der Waals surface area (Å²) in [4.78, 5) is 23.4. The van der Waals surface area contributed by atoms with Crippen LogP contribution in [0.15, 0.2) is 30.3 Å². The van der Waals surface area contributed by atoms with Gasteiger partial charge in [0.15, 0.2) is 6.04 Å². The molecule has 0 aliphatic heterocycles. The fourth-order valence-corrected chi connectivity index (χ4v) is 2.11. The van der Waals surface area contributed by atoms with Crippen LogP contribution in [0.4, 0.5) is 0 Å². The van der Waals surface area contributed by atoms with Crippen LogP contribution in [-0.2, 0) is 24.2 Å². The Kier molecular flexibility index (Phi) is 5.69. The zero-order chi connectivity index (χ0) is 15.2. The minimum Gasteiger partial charge on any atom is -0.467 e. The number of nitrogens with one attached hydrogen (secondary N) is 1. The molecule has 0 spiro atoms. The van der Waals surface area contributed by atoms with Crippen molar-refractivity contribution in [2.45, 2.75) is 12.5 Å². The molecule has 0 bridgehead atoms. The molecule has 20 heavy (non-hydrogen) atoms. The summed E-state index contributed by atoms with van der Waals surface area (Å²) in [6.07, 6.45) is 0.856. The molecule has 1 aromatic rings. The van der Waals surface area contributed by atoms with Crippen LogP contribution in [0.1, 0.15) is 18.0 Å². The molecule has 6 nitrogen and oxygen atoms in total. The highest BCUT2D eigenvalue weighted by molar-refractivity contribution is 7.90. The average Bonchev–Trinajstić information content (AvgIpc) is 2.42. The van der Waals surface area contributed by atoms with E-state index in [0.29, 0.717) is 5.56 Å². The van der Waals surface area contributed by atoms with Gasteiger partial charge < -0.3 is 10.1 Å². The molecule has 0 heterocycles. The zero-order valence-corrected chi connectivity index (χ0v) is 12.1. The molecule has 0 fully saturated rings. The largest absolute Gasteiger partial charge is 0.467 e. The summed E-state index contributed by atoms with van der Waals surface area (Å²) in [6.45, 7) is 0. The highest BCUT2D eigenvalue weighted by Crippen LogP contribution is 2.14. The molecule has 1 unspecified atom stereocenters. The highest BCUT2D eigenvalue weighted by atomic mass is 32.2. The lowest BCUT2D eigenvalue weighted by molar-refractivity contribution is -0.145. The van der Waals surface area contributed by atoms with Crippen LogP contribution >= 0.6 is 0 Å². The topological polar surface area (TPSA) is 89.5 Å². The summed E-state index contributed by atoms with van der Waals surface area (Å²) in [5.41, 5.74) is 0.576. The molecular weight excluding hydrogens is 282 g/mol. The van der Waals surface area contributed by atoms with Crippen molar-refractivity contribution in [1.82, 2.24) is 5.32 Å². The molecule has 1 N–H and O–H groups in total. The second-order valence-electron chi connectivity index (χ2n) is 4.31. The molecule has 0 radical (unpaired) electrons. The quantitative estimate of drug-likeness (QED) is 0.770. The van der Waals surface area contributed by atoms with E-state index in [4.69, 9.17) is 0 Å². The number of carbonyl (C=O) groups excluding carboxylic acids is 2. The molecule has 0 saturated carbocycles. The fraction of sp³-hybridized carbons (Fsp3) is 0.385. The van der Waals surface area contributed by atoms with E-state index >= 15 is 0 Å². The minimum absolute atomic E-state index is 0.195. The van der Waals surface area contributed by atoms with Gasteiger partial charge in [0, 0.05) is 12.7 Å². The normalized spacial score (nSPS) is 12.5. The highest BCUT2D eigenvalue weighted by Gasteiger charge is 2.23. The smallest absolute Gasteiger partial charge is 0.333 e. The predicted molar refractivity (Wildman–Crippen MR) is 73.7 cm³/mol. The number of ether oxygens (including phenoxy) is 1. The van der Waals surface area contributed by atoms with E-state index in [0.717, 1.165) is 6.26 Å². The number of amides is 1. The number of hydrogen-bond acceptors (Lipinski definition) is 5. The van der Waals surface area contributed by atoms with Gasteiger partial charge in [-0.1, -0.05) is 30.3 Å². The van der Waals surface area contributed by atoms with Crippen molar-refractivity contribution in [3.63, 3.8) is 0 Å². The monoisotopic (exact) mass is 299 g/mol. The maximum Gasteiger partial charge on any atom is 0.333 e. The number of benzene rings is 1. The van der Waals surface area contributed by atoms with Crippen molar-refractivity contribution in [1.29, 1.82) is 0 Å². The first-order chi connectivity index (χ1) is 9.33. The number of esters is 1. The molecule has 1 amide bonds. The maximum absolute atomic E-state index is 11.7. The van der Waals surface area contributed by atoms with E-state index in [1.165, 1.54) is 7.11 Å². The molecule has 7 heteroatoms. The van der Waals surface area contributed by atoms with Crippen LogP contribution in [0, 0.1) is 0 Å². The molecule has 0 saturated heterocycles. The van der Waals surface area contributed by atoms with Gasteiger partial charge in [0.05, 0.1) is 12.9 Å². The van der Waals surface area contributed by atoms with Crippen molar-refractivity contribution in [2.75, 3.05) is 19.1 Å². The lowest BCUT2D eigenvalue weighted by atomic mass is 10.1. The third kappa shape index (κ3) is 5.40. The van der Waals surface area contributed by atoms with Gasteiger partial charge in [0.25, 0.3) is 0 Å². The first-order valence-corrected chi connectivity index (χ1v) is 7.99. The standard InChI is InChI=1S/C13H17NO5S/c1-19-13(16)12(10-6-4-3-5-7-10)14-11(15)8-9-20(2,17)18/h3-7,12H,8-9H2,1-2H3,(H,14,15). The number of methoxy groups -OCH3 is 1. The van der Waals surface area contributed by atoms with E-state index in [1.54, 1.807) is 30.3 Å². The van der Waals surface area contributed by atoms with Crippen LogP contribution in [0.5, 0.6) is 0 Å². The van der Waals surface area contributed by atoms with Gasteiger partial charge in [0.2, 0.25) is 5.91 Å². The summed E-state index contributed by atoms with van der Waals surface area (Å²) < 4.78 is 26.7. The van der Waals surface area contributed by atoms with E-state index in [9.17, 15) is 18.0 Å². The van der Waals surface area contributed by atoms with E-state index < -0.39 is 27.8 Å². The average molecular weight is 299 g/mol. The molecule has 0 aromatic heterocycles. The Balaban J connectivity index is 2.76. The van der Waals surface area contributed by atoms with Crippen LogP contribution in [0.25, 0.3) is 0 Å². The summed E-state index contributed by atoms with van der Waals surface area (Å²) >= 11 is 0. The number of carbonyl (C=O) groups is 2. The van der Waals surface area contributed by atoms with E-state index in [-0.39, 0.29) is 12.2 Å². The SMILES string of the molecule is COC(=O)C(NC(=O)CCS(C)(=O)=O)c1ccccc1. The molecule has 0 aliphatic carbocycles. The fourth-order valence-electron chi connectivity index (χ4n) is 1.55. The molecule has 110 valence electrons. The third-order valence-corrected chi connectivity index (χ3v) is 3.52. The lowest BCUT2D eigenvalue weighted by Gasteiger charge is -2.16. The first kappa shape index (κ1) is 16.2. The van der Waals surface area contributed by atoms with Crippen LogP contribution < -0.4 is 5.32 Å². The Morgan fingerprint density at radius 3 is 2.35 bits per heavy atom. The second-order valence-corrected chi connectivity index (χ2v) is 6.57. The Bertz CT molecular complexity index is 568. The molecule has 1 atom stereocenters. The molecule has 1 rings (SSSR count). The predicted octanol–water partition coefficient (Wildman–Crippen LogP) is 0.452. The Labute approximate surface area is 118 Å². The summed E-state index contributed by atoms with van der Waals surface area (Å²) in [5, 5.41) is 2.48. The maximum atomic E-state index is 11.7. The van der Waals surface area contributed by atoms with Crippen molar-refractivity contribution < 1.29 is 22.7 Å². The van der Waals surface area contributed by atoms with Crippen molar-refractivity contribution in [2.24, 2.45) is 0 Å². The number of rotatable bonds is 6. The third-order valence-electron chi connectivity index (χ3n) is 2.58. The number of hydrogen-bond donors (Lipinski definition) is 1. The van der Waals surface area contributed by atoms with Crippen molar-refractivity contribution in [3.05, 3.63) is 35.9 Å². The van der Waals surface area contributed by atoms with Gasteiger partial charge in [-0.3, -0.25) is 4.79 Å². The van der Waals surface area contributed by atoms with Crippen LogP contribution in [0.2, 0.25) is 0 Å². The second kappa shape index (κ2) is 7.04. The Morgan fingerprint density at radius 1 is 1.25 bits per heavy atom.